The Balaban J connectivity index is 2.45. The van der Waals surface area contributed by atoms with Crippen molar-refractivity contribution in [3.63, 3.8) is 0 Å². The van der Waals surface area contributed by atoms with Crippen molar-refractivity contribution in [1.29, 1.82) is 0 Å². The minimum Gasteiger partial charge on any atom is -0.480 e. The van der Waals surface area contributed by atoms with Gasteiger partial charge >= 0.3 is 12.0 Å². The van der Waals surface area contributed by atoms with Gasteiger partial charge in [-0.25, -0.2) is 9.59 Å². The average Bonchev–Trinajstić information content (AvgIpc) is 2.47. The predicted molar refractivity (Wildman–Crippen MR) is 81.7 cm³/mol. The summed E-state index contributed by atoms with van der Waals surface area (Å²) in [5.74, 6) is -0.193. The summed E-state index contributed by atoms with van der Waals surface area (Å²) in [6, 6.07) is 7.52. The molecule has 0 radical (unpaired) electrons. The smallest absolute Gasteiger partial charge is 0.326 e. The van der Waals surface area contributed by atoms with Gasteiger partial charge in [0.1, 0.15) is 6.04 Å². The van der Waals surface area contributed by atoms with E-state index in [4.69, 9.17) is 5.11 Å². The quantitative estimate of drug-likeness (QED) is 0.660. The highest BCUT2D eigenvalue weighted by molar-refractivity contribution is 7.84. The maximum absolute atomic E-state index is 11.6. The molecule has 0 aliphatic rings. The zero-order valence-electron chi connectivity index (χ0n) is 11.9. The van der Waals surface area contributed by atoms with Crippen LogP contribution in [-0.2, 0) is 22.0 Å². The van der Waals surface area contributed by atoms with E-state index in [9.17, 15) is 13.8 Å². The first-order valence-electron chi connectivity index (χ1n) is 6.69. The Hall–Kier alpha value is -1.89. The van der Waals surface area contributed by atoms with Crippen molar-refractivity contribution in [3.8, 4) is 0 Å². The molecule has 0 spiro atoms. The van der Waals surface area contributed by atoms with Crippen LogP contribution in [-0.4, -0.2) is 45.4 Å². The molecule has 0 aliphatic carbocycles. The molecule has 7 heteroatoms. The van der Waals surface area contributed by atoms with Crippen LogP contribution < -0.4 is 10.6 Å². The highest BCUT2D eigenvalue weighted by Crippen LogP contribution is 2.03. The van der Waals surface area contributed by atoms with Gasteiger partial charge in [-0.15, -0.1) is 0 Å². The molecule has 116 valence electrons. The van der Waals surface area contributed by atoms with E-state index in [-0.39, 0.29) is 13.0 Å². The maximum atomic E-state index is 11.6. The zero-order chi connectivity index (χ0) is 15.7. The number of urea groups is 1. The fourth-order valence-corrected chi connectivity index (χ4v) is 2.30. The Morgan fingerprint density at radius 1 is 1.29 bits per heavy atom. The number of aliphatic carboxylic acids is 1. The molecular formula is C14H20N2O4S. The molecule has 0 aliphatic heterocycles. The summed E-state index contributed by atoms with van der Waals surface area (Å²) in [6.07, 6.45) is 0.213. The highest BCUT2D eigenvalue weighted by atomic mass is 32.2. The third-order valence-electron chi connectivity index (χ3n) is 2.82. The number of amides is 2. The van der Waals surface area contributed by atoms with Crippen LogP contribution in [0, 0.1) is 0 Å². The van der Waals surface area contributed by atoms with Gasteiger partial charge in [0, 0.05) is 35.3 Å². The lowest BCUT2D eigenvalue weighted by molar-refractivity contribution is -0.139. The molecule has 0 heterocycles. The van der Waals surface area contributed by atoms with Crippen molar-refractivity contribution in [1.82, 2.24) is 10.6 Å². The number of hydrogen-bond acceptors (Lipinski definition) is 3. The van der Waals surface area contributed by atoms with Gasteiger partial charge in [0.05, 0.1) is 0 Å². The van der Waals surface area contributed by atoms with Crippen LogP contribution in [0.5, 0.6) is 0 Å². The normalized spacial score (nSPS) is 13.2. The first-order chi connectivity index (χ1) is 10.0. The van der Waals surface area contributed by atoms with Crippen LogP contribution in [0.25, 0.3) is 0 Å². The van der Waals surface area contributed by atoms with Crippen LogP contribution in [0.2, 0.25) is 0 Å². The van der Waals surface area contributed by atoms with Crippen LogP contribution in [0.4, 0.5) is 4.79 Å². The SMILES string of the molecule is CCS(=O)CCNC(=O)N[C@@H](Cc1ccccc1)C(=O)O. The predicted octanol–water partition coefficient (Wildman–Crippen LogP) is 0.750. The molecule has 3 N–H and O–H groups in total. The third-order valence-corrected chi connectivity index (χ3v) is 4.13. The van der Waals surface area contributed by atoms with Crippen molar-refractivity contribution >= 4 is 22.8 Å². The number of carbonyl (C=O) groups excluding carboxylic acids is 1. The van der Waals surface area contributed by atoms with E-state index in [0.29, 0.717) is 11.5 Å². The second-order valence-electron chi connectivity index (χ2n) is 4.41. The molecule has 0 aromatic heterocycles. The number of carbonyl (C=O) groups is 2. The molecule has 1 unspecified atom stereocenters. The minimum absolute atomic E-state index is 0.213. The van der Waals surface area contributed by atoms with Gasteiger partial charge in [0.25, 0.3) is 0 Å². The summed E-state index contributed by atoms with van der Waals surface area (Å²) in [4.78, 5) is 22.8. The molecule has 0 fully saturated rings. The second-order valence-corrected chi connectivity index (χ2v) is 6.28. The van der Waals surface area contributed by atoms with E-state index in [0.717, 1.165) is 5.56 Å². The third kappa shape index (κ3) is 6.89. The monoisotopic (exact) mass is 312 g/mol. The van der Waals surface area contributed by atoms with Gasteiger partial charge < -0.3 is 15.7 Å². The standard InChI is InChI=1S/C14H20N2O4S/c1-2-21(20)9-8-15-14(19)16-12(13(17)18)10-11-6-4-3-5-7-11/h3-7,12H,2,8-10H2,1H3,(H,17,18)(H2,15,16,19)/t12-,21?/m0/s1. The van der Waals surface area contributed by atoms with Gasteiger partial charge in [-0.2, -0.15) is 0 Å². The molecule has 2 atom stereocenters. The number of carboxylic acid groups (broad SMARTS) is 1. The molecule has 0 bridgehead atoms. The van der Waals surface area contributed by atoms with E-state index in [1.807, 2.05) is 18.2 Å². The minimum atomic E-state index is -1.09. The highest BCUT2D eigenvalue weighted by Gasteiger charge is 2.20. The number of benzene rings is 1. The number of hydrogen-bond donors (Lipinski definition) is 3. The number of rotatable bonds is 8. The molecule has 21 heavy (non-hydrogen) atoms. The average molecular weight is 312 g/mol. The lowest BCUT2D eigenvalue weighted by atomic mass is 10.1. The van der Waals surface area contributed by atoms with Gasteiger partial charge in [-0.3, -0.25) is 4.21 Å². The van der Waals surface area contributed by atoms with E-state index in [2.05, 4.69) is 10.6 Å². The summed E-state index contributed by atoms with van der Waals surface area (Å²) >= 11 is 0. The summed E-state index contributed by atoms with van der Waals surface area (Å²) in [7, 11) is -0.955. The fraction of sp³-hybridized carbons (Fsp3) is 0.429. The van der Waals surface area contributed by atoms with Crippen LogP contribution in [0.1, 0.15) is 12.5 Å². The Kier molecular flexibility index (Phi) is 7.45. The van der Waals surface area contributed by atoms with Gasteiger partial charge in [0.2, 0.25) is 0 Å². The van der Waals surface area contributed by atoms with Crippen LogP contribution in [0.15, 0.2) is 30.3 Å². The Bertz CT molecular complexity index is 493. The molecule has 0 saturated heterocycles. The van der Waals surface area contributed by atoms with E-state index < -0.39 is 28.8 Å². The Labute approximate surface area is 126 Å². The summed E-state index contributed by atoms with van der Waals surface area (Å²) in [5, 5.41) is 14.1. The first kappa shape index (κ1) is 17.2. The molecule has 1 rings (SSSR count). The zero-order valence-corrected chi connectivity index (χ0v) is 12.7. The maximum Gasteiger partial charge on any atom is 0.326 e. The van der Waals surface area contributed by atoms with Crippen molar-refractivity contribution in [3.05, 3.63) is 35.9 Å². The topological polar surface area (TPSA) is 95.5 Å². The lowest BCUT2D eigenvalue weighted by Gasteiger charge is -2.15. The molecule has 6 nitrogen and oxygen atoms in total. The van der Waals surface area contributed by atoms with Gasteiger partial charge in [-0.05, 0) is 5.56 Å². The lowest BCUT2D eigenvalue weighted by Crippen LogP contribution is -2.47. The summed E-state index contributed by atoms with van der Waals surface area (Å²) in [6.45, 7) is 2.06. The fourth-order valence-electron chi connectivity index (χ4n) is 1.68. The van der Waals surface area contributed by atoms with E-state index in [1.165, 1.54) is 0 Å². The second kappa shape index (κ2) is 9.12. The largest absolute Gasteiger partial charge is 0.480 e. The molecule has 1 aromatic carbocycles. The van der Waals surface area contributed by atoms with Gasteiger partial charge in [-0.1, -0.05) is 37.3 Å². The Morgan fingerprint density at radius 2 is 1.95 bits per heavy atom. The van der Waals surface area contributed by atoms with E-state index >= 15 is 0 Å². The van der Waals surface area contributed by atoms with Crippen molar-refractivity contribution in [2.24, 2.45) is 0 Å². The van der Waals surface area contributed by atoms with Crippen molar-refractivity contribution in [2.45, 2.75) is 19.4 Å². The van der Waals surface area contributed by atoms with Crippen molar-refractivity contribution in [2.75, 3.05) is 18.1 Å². The molecule has 1 aromatic rings. The molecular weight excluding hydrogens is 292 g/mol. The van der Waals surface area contributed by atoms with Gasteiger partial charge in [0.15, 0.2) is 0 Å². The molecule has 0 saturated carbocycles. The summed E-state index contributed by atoms with van der Waals surface area (Å²) < 4.78 is 11.2. The van der Waals surface area contributed by atoms with Crippen LogP contribution in [0.3, 0.4) is 0 Å². The number of carboxylic acids is 1. The van der Waals surface area contributed by atoms with Crippen molar-refractivity contribution < 1.29 is 18.9 Å². The number of nitrogens with one attached hydrogen (secondary N) is 2. The van der Waals surface area contributed by atoms with E-state index in [1.54, 1.807) is 19.1 Å². The molecule has 2 amide bonds. The van der Waals surface area contributed by atoms with Crippen LogP contribution >= 0.6 is 0 Å². The summed E-state index contributed by atoms with van der Waals surface area (Å²) in [5.41, 5.74) is 0.831. The Morgan fingerprint density at radius 3 is 2.52 bits per heavy atom. The first-order valence-corrected chi connectivity index (χ1v) is 8.17.